The molecule has 0 radical (unpaired) electrons. The third-order valence-corrected chi connectivity index (χ3v) is 3.47. The molecule has 18 heavy (non-hydrogen) atoms. The lowest BCUT2D eigenvalue weighted by Gasteiger charge is -2.15. The first-order chi connectivity index (χ1) is 8.21. The van der Waals surface area contributed by atoms with Crippen molar-refractivity contribution in [3.05, 3.63) is 16.3 Å². The van der Waals surface area contributed by atoms with Gasteiger partial charge in [0, 0.05) is 24.0 Å². The maximum absolute atomic E-state index is 11.9. The van der Waals surface area contributed by atoms with Crippen molar-refractivity contribution >= 4 is 29.7 Å². The van der Waals surface area contributed by atoms with Crippen LogP contribution in [-0.4, -0.2) is 25.6 Å². The van der Waals surface area contributed by atoms with Crippen molar-refractivity contribution in [2.75, 3.05) is 13.7 Å². The lowest BCUT2D eigenvalue weighted by atomic mass is 10.1. The second-order valence-corrected chi connectivity index (χ2v) is 4.81. The molecular formula is C12H21ClN2O2S. The van der Waals surface area contributed by atoms with Crippen LogP contribution in [-0.2, 0) is 0 Å². The molecule has 0 aromatic carbocycles. The van der Waals surface area contributed by atoms with Crippen LogP contribution in [0.4, 0.5) is 0 Å². The number of rotatable bonds is 7. The van der Waals surface area contributed by atoms with Crippen molar-refractivity contribution in [3.8, 4) is 5.75 Å². The Morgan fingerprint density at radius 1 is 1.61 bits per heavy atom. The smallest absolute Gasteiger partial charge is 0.261 e. The number of nitrogens with two attached hydrogens (primary N) is 1. The Bertz CT molecular complexity index is 358. The molecule has 0 aliphatic carbocycles. The molecule has 0 saturated heterocycles. The Balaban J connectivity index is 0.00000289. The molecule has 1 rings (SSSR count). The Labute approximate surface area is 118 Å². The fraction of sp³-hybridized carbons (Fsp3) is 0.583. The van der Waals surface area contributed by atoms with Gasteiger partial charge in [0.15, 0.2) is 0 Å². The van der Waals surface area contributed by atoms with Crippen LogP contribution in [0.25, 0.3) is 0 Å². The molecule has 0 aliphatic heterocycles. The van der Waals surface area contributed by atoms with Gasteiger partial charge in [0.25, 0.3) is 5.91 Å². The monoisotopic (exact) mass is 292 g/mol. The van der Waals surface area contributed by atoms with Gasteiger partial charge >= 0.3 is 0 Å². The van der Waals surface area contributed by atoms with E-state index in [2.05, 4.69) is 12.2 Å². The molecule has 0 aliphatic rings. The second-order valence-electron chi connectivity index (χ2n) is 3.90. The van der Waals surface area contributed by atoms with Crippen LogP contribution in [0.5, 0.6) is 5.75 Å². The lowest BCUT2D eigenvalue weighted by molar-refractivity contribution is 0.0939. The van der Waals surface area contributed by atoms with E-state index in [9.17, 15) is 4.79 Å². The fourth-order valence-electron chi connectivity index (χ4n) is 1.50. The summed E-state index contributed by atoms with van der Waals surface area (Å²) in [6, 6.07) is 1.81. The molecule has 0 spiro atoms. The van der Waals surface area contributed by atoms with E-state index in [0.717, 1.165) is 25.0 Å². The van der Waals surface area contributed by atoms with Crippen molar-refractivity contribution in [1.29, 1.82) is 0 Å². The largest absolute Gasteiger partial charge is 0.496 e. The molecule has 1 aromatic heterocycles. The highest BCUT2D eigenvalue weighted by atomic mass is 35.5. The van der Waals surface area contributed by atoms with Crippen LogP contribution in [0, 0.1) is 0 Å². The zero-order valence-corrected chi connectivity index (χ0v) is 12.4. The molecule has 6 heteroatoms. The van der Waals surface area contributed by atoms with E-state index in [4.69, 9.17) is 10.5 Å². The standard InChI is InChI=1S/C12H20N2O2S.ClH/c1-3-4-5-9(7-13)14-12(15)11-6-10(16-2)8-17-11;/h6,8-9H,3-5,7,13H2,1-2H3,(H,14,15);1H. The van der Waals surface area contributed by atoms with Gasteiger partial charge in [0.2, 0.25) is 0 Å². The summed E-state index contributed by atoms with van der Waals surface area (Å²) in [4.78, 5) is 12.6. The Kier molecular flexibility index (Phi) is 8.79. The second kappa shape index (κ2) is 9.19. The van der Waals surface area contributed by atoms with E-state index in [0.29, 0.717) is 11.4 Å². The number of ether oxygens (including phenoxy) is 1. The Hall–Kier alpha value is -0.780. The molecule has 3 N–H and O–H groups in total. The number of unbranched alkanes of at least 4 members (excludes halogenated alkanes) is 1. The number of nitrogens with one attached hydrogen (secondary N) is 1. The molecule has 4 nitrogen and oxygen atoms in total. The third kappa shape index (κ3) is 5.25. The molecular weight excluding hydrogens is 272 g/mol. The Morgan fingerprint density at radius 3 is 2.83 bits per heavy atom. The number of thiophene rings is 1. The van der Waals surface area contributed by atoms with Gasteiger partial charge in [-0.25, -0.2) is 0 Å². The number of carbonyl (C=O) groups excluding carboxylic acids is 1. The first-order valence-electron chi connectivity index (χ1n) is 5.84. The minimum Gasteiger partial charge on any atom is -0.496 e. The molecule has 0 fully saturated rings. The van der Waals surface area contributed by atoms with E-state index < -0.39 is 0 Å². The molecule has 104 valence electrons. The highest BCUT2D eigenvalue weighted by Gasteiger charge is 2.14. The molecule has 1 aromatic rings. The van der Waals surface area contributed by atoms with E-state index in [1.54, 1.807) is 13.2 Å². The van der Waals surface area contributed by atoms with Gasteiger partial charge < -0.3 is 15.8 Å². The van der Waals surface area contributed by atoms with Crippen molar-refractivity contribution in [3.63, 3.8) is 0 Å². The topological polar surface area (TPSA) is 64.3 Å². The van der Waals surface area contributed by atoms with Gasteiger partial charge in [-0.15, -0.1) is 23.7 Å². The zero-order valence-electron chi connectivity index (χ0n) is 10.8. The number of hydrogen-bond acceptors (Lipinski definition) is 4. The van der Waals surface area contributed by atoms with Crippen molar-refractivity contribution in [2.45, 2.75) is 32.2 Å². The van der Waals surface area contributed by atoms with E-state index in [-0.39, 0.29) is 24.4 Å². The van der Waals surface area contributed by atoms with Crippen LogP contribution >= 0.6 is 23.7 Å². The quantitative estimate of drug-likeness (QED) is 0.811. The van der Waals surface area contributed by atoms with Gasteiger partial charge in [-0.05, 0) is 6.42 Å². The summed E-state index contributed by atoms with van der Waals surface area (Å²) in [5.41, 5.74) is 5.64. The molecule has 1 heterocycles. The predicted octanol–water partition coefficient (Wildman–Crippen LogP) is 2.43. The molecule has 0 bridgehead atoms. The van der Waals surface area contributed by atoms with Crippen LogP contribution in [0.3, 0.4) is 0 Å². The maximum atomic E-state index is 11.9. The molecule has 0 saturated carbocycles. The highest BCUT2D eigenvalue weighted by molar-refractivity contribution is 7.12. The molecule has 1 atom stereocenters. The van der Waals surface area contributed by atoms with Crippen LogP contribution < -0.4 is 15.8 Å². The Morgan fingerprint density at radius 2 is 2.33 bits per heavy atom. The number of amides is 1. The summed E-state index contributed by atoms with van der Waals surface area (Å²) < 4.78 is 5.05. The highest BCUT2D eigenvalue weighted by Crippen LogP contribution is 2.21. The number of hydrogen-bond donors (Lipinski definition) is 2. The number of methoxy groups -OCH3 is 1. The summed E-state index contributed by atoms with van der Waals surface area (Å²) in [7, 11) is 1.59. The van der Waals surface area contributed by atoms with E-state index in [1.807, 2.05) is 5.38 Å². The van der Waals surface area contributed by atoms with Crippen LogP contribution in [0.1, 0.15) is 35.9 Å². The van der Waals surface area contributed by atoms with E-state index in [1.165, 1.54) is 11.3 Å². The van der Waals surface area contributed by atoms with E-state index >= 15 is 0 Å². The third-order valence-electron chi connectivity index (χ3n) is 2.56. The fourth-order valence-corrected chi connectivity index (χ4v) is 2.26. The summed E-state index contributed by atoms with van der Waals surface area (Å²) in [6.45, 7) is 2.60. The average molecular weight is 293 g/mol. The molecule has 1 amide bonds. The number of carbonyl (C=O) groups is 1. The van der Waals surface area contributed by atoms with Gasteiger partial charge in [0.1, 0.15) is 5.75 Å². The van der Waals surface area contributed by atoms with Gasteiger partial charge in [0.05, 0.1) is 12.0 Å². The first-order valence-corrected chi connectivity index (χ1v) is 6.72. The summed E-state index contributed by atoms with van der Waals surface area (Å²) >= 11 is 1.38. The summed E-state index contributed by atoms with van der Waals surface area (Å²) in [5.74, 6) is 0.655. The van der Waals surface area contributed by atoms with Gasteiger partial charge in [-0.1, -0.05) is 19.8 Å². The normalized spacial score (nSPS) is 11.5. The average Bonchev–Trinajstić information content (AvgIpc) is 2.83. The summed E-state index contributed by atoms with van der Waals surface area (Å²) in [5, 5.41) is 4.76. The van der Waals surface area contributed by atoms with Crippen molar-refractivity contribution in [1.82, 2.24) is 5.32 Å². The van der Waals surface area contributed by atoms with Crippen LogP contribution in [0.15, 0.2) is 11.4 Å². The maximum Gasteiger partial charge on any atom is 0.261 e. The van der Waals surface area contributed by atoms with Crippen LogP contribution in [0.2, 0.25) is 0 Å². The summed E-state index contributed by atoms with van der Waals surface area (Å²) in [6.07, 6.45) is 3.12. The predicted molar refractivity (Wildman–Crippen MR) is 78.0 cm³/mol. The SMILES string of the molecule is CCCCC(CN)NC(=O)c1cc(OC)cs1.Cl. The van der Waals surface area contributed by atoms with Crippen molar-refractivity contribution < 1.29 is 9.53 Å². The molecule has 1 unspecified atom stereocenters. The van der Waals surface area contributed by atoms with Gasteiger partial charge in [-0.2, -0.15) is 0 Å². The lowest BCUT2D eigenvalue weighted by Crippen LogP contribution is -2.39. The zero-order chi connectivity index (χ0) is 12.7. The minimum absolute atomic E-state index is 0. The van der Waals surface area contributed by atoms with Crippen molar-refractivity contribution in [2.24, 2.45) is 5.73 Å². The first kappa shape index (κ1) is 17.2. The van der Waals surface area contributed by atoms with Gasteiger partial charge in [-0.3, -0.25) is 4.79 Å². The minimum atomic E-state index is -0.0650. The number of halogens is 1.